The summed E-state index contributed by atoms with van der Waals surface area (Å²) in [6, 6.07) is 17.8. The van der Waals surface area contributed by atoms with Crippen molar-refractivity contribution in [3.63, 3.8) is 0 Å². The normalized spacial score (nSPS) is 12.3. The molecule has 0 saturated heterocycles. The van der Waals surface area contributed by atoms with Crippen molar-refractivity contribution in [2.75, 3.05) is 13.2 Å². The zero-order valence-corrected chi connectivity index (χ0v) is 18.5. The highest BCUT2D eigenvalue weighted by Gasteiger charge is 2.29. The second kappa shape index (κ2) is 10.0. The van der Waals surface area contributed by atoms with E-state index in [4.69, 9.17) is 9.84 Å². The molecule has 34 heavy (non-hydrogen) atoms. The van der Waals surface area contributed by atoms with Crippen LogP contribution in [0.3, 0.4) is 0 Å². The summed E-state index contributed by atoms with van der Waals surface area (Å²) in [5.74, 6) is -1.52. The monoisotopic (exact) mass is 460 g/mol. The van der Waals surface area contributed by atoms with Crippen molar-refractivity contribution in [3.05, 3.63) is 89.3 Å². The van der Waals surface area contributed by atoms with E-state index in [1.54, 1.807) is 13.1 Å². The number of carboxylic acids is 1. The minimum absolute atomic E-state index is 0.0292. The lowest BCUT2D eigenvalue weighted by Crippen LogP contribution is -2.26. The van der Waals surface area contributed by atoms with Gasteiger partial charge in [0.05, 0.1) is 12.2 Å². The summed E-state index contributed by atoms with van der Waals surface area (Å²) in [4.78, 5) is 35.1. The molecule has 0 saturated carbocycles. The topological polar surface area (TPSA) is 123 Å². The van der Waals surface area contributed by atoms with E-state index in [-0.39, 0.29) is 31.3 Å². The van der Waals surface area contributed by atoms with Crippen LogP contribution in [-0.2, 0) is 23.1 Å². The van der Waals surface area contributed by atoms with Crippen molar-refractivity contribution in [2.24, 2.45) is 7.05 Å². The van der Waals surface area contributed by atoms with E-state index in [1.165, 1.54) is 10.8 Å². The van der Waals surface area contributed by atoms with Gasteiger partial charge >= 0.3 is 12.1 Å². The Kier molecular flexibility index (Phi) is 6.72. The van der Waals surface area contributed by atoms with E-state index < -0.39 is 18.0 Å². The summed E-state index contributed by atoms with van der Waals surface area (Å²) in [5.41, 5.74) is 5.36. The summed E-state index contributed by atoms with van der Waals surface area (Å²) < 4.78 is 6.91. The number of aryl methyl sites for hydroxylation is 1. The second-order valence-electron chi connectivity index (χ2n) is 7.77. The molecule has 9 heteroatoms. The van der Waals surface area contributed by atoms with Gasteiger partial charge in [0.2, 0.25) is 0 Å². The third-order valence-electron chi connectivity index (χ3n) is 5.56. The maximum Gasteiger partial charge on any atom is 0.407 e. The molecule has 3 aromatic rings. The zero-order chi connectivity index (χ0) is 24.1. The van der Waals surface area contributed by atoms with E-state index >= 15 is 0 Å². The van der Waals surface area contributed by atoms with Gasteiger partial charge in [-0.1, -0.05) is 54.6 Å². The van der Waals surface area contributed by atoms with Gasteiger partial charge < -0.3 is 20.5 Å². The summed E-state index contributed by atoms with van der Waals surface area (Å²) in [5, 5.41) is 18.1. The number of carboxylic acid groups (broad SMARTS) is 1. The standard InChI is InChI=1S/C25H24N4O5/c1-29-22(24(32)26-12-6-11-23(30)31)13-16(28-29)14-27-25(33)34-15-21-19-9-4-2-7-17(19)18-8-3-5-10-20(18)21/h2-11,13,21H,12,14-15H2,1H3,(H,26,32)(H,27,33)(H,30,31)/b11-6+. The van der Waals surface area contributed by atoms with Crippen LogP contribution in [0, 0.1) is 0 Å². The van der Waals surface area contributed by atoms with Crippen molar-refractivity contribution < 1.29 is 24.2 Å². The molecule has 2 amide bonds. The third kappa shape index (κ3) is 4.98. The molecule has 1 heterocycles. The lowest BCUT2D eigenvalue weighted by atomic mass is 9.98. The van der Waals surface area contributed by atoms with E-state index in [9.17, 15) is 14.4 Å². The van der Waals surface area contributed by atoms with Gasteiger partial charge in [0.1, 0.15) is 12.3 Å². The van der Waals surface area contributed by atoms with Gasteiger partial charge in [0.25, 0.3) is 5.91 Å². The Balaban J connectivity index is 1.31. The number of carbonyl (C=O) groups is 3. The molecule has 3 N–H and O–H groups in total. The van der Waals surface area contributed by atoms with Crippen LogP contribution in [-0.4, -0.2) is 46.0 Å². The molecule has 2 aromatic carbocycles. The van der Waals surface area contributed by atoms with Gasteiger partial charge in [-0.2, -0.15) is 5.10 Å². The molecule has 0 atom stereocenters. The molecule has 0 spiro atoms. The summed E-state index contributed by atoms with van der Waals surface area (Å²) >= 11 is 0. The van der Waals surface area contributed by atoms with Crippen LogP contribution < -0.4 is 10.6 Å². The van der Waals surface area contributed by atoms with Crippen molar-refractivity contribution in [1.82, 2.24) is 20.4 Å². The fraction of sp³-hybridized carbons (Fsp3) is 0.200. The fourth-order valence-electron chi connectivity index (χ4n) is 4.04. The quantitative estimate of drug-likeness (QED) is 0.444. The number of carbonyl (C=O) groups excluding carboxylic acids is 2. The summed E-state index contributed by atoms with van der Waals surface area (Å²) in [6.45, 7) is 0.375. The van der Waals surface area contributed by atoms with Crippen LogP contribution in [0.15, 0.2) is 66.7 Å². The summed E-state index contributed by atoms with van der Waals surface area (Å²) in [7, 11) is 1.61. The van der Waals surface area contributed by atoms with E-state index in [0.29, 0.717) is 5.69 Å². The highest BCUT2D eigenvalue weighted by Crippen LogP contribution is 2.44. The molecule has 0 bridgehead atoms. The van der Waals surface area contributed by atoms with E-state index in [2.05, 4.69) is 40.0 Å². The van der Waals surface area contributed by atoms with Crippen LogP contribution >= 0.6 is 0 Å². The van der Waals surface area contributed by atoms with Crippen LogP contribution in [0.1, 0.15) is 33.2 Å². The van der Waals surface area contributed by atoms with Crippen molar-refractivity contribution in [1.29, 1.82) is 0 Å². The lowest BCUT2D eigenvalue weighted by Gasteiger charge is -2.14. The van der Waals surface area contributed by atoms with Gasteiger partial charge in [-0.15, -0.1) is 0 Å². The number of rotatable bonds is 8. The molecule has 1 aliphatic carbocycles. The van der Waals surface area contributed by atoms with Crippen LogP contribution in [0.25, 0.3) is 11.1 Å². The molecule has 4 rings (SSSR count). The first-order chi connectivity index (χ1) is 16.4. The number of fused-ring (bicyclic) bond motifs is 3. The van der Waals surface area contributed by atoms with Crippen LogP contribution in [0.2, 0.25) is 0 Å². The van der Waals surface area contributed by atoms with Gasteiger partial charge in [-0.05, 0) is 28.3 Å². The number of aromatic nitrogens is 2. The Morgan fingerprint density at radius 3 is 2.35 bits per heavy atom. The molecule has 1 aliphatic rings. The maximum absolute atomic E-state index is 12.3. The van der Waals surface area contributed by atoms with Crippen molar-refractivity contribution >= 4 is 18.0 Å². The number of ether oxygens (including phenoxy) is 1. The number of nitrogens with zero attached hydrogens (tertiary/aromatic N) is 2. The Morgan fingerprint density at radius 1 is 1.06 bits per heavy atom. The summed E-state index contributed by atoms with van der Waals surface area (Å²) in [6.07, 6.45) is 1.71. The molecular weight excluding hydrogens is 436 g/mol. The molecule has 9 nitrogen and oxygen atoms in total. The molecule has 0 radical (unpaired) electrons. The smallest absolute Gasteiger partial charge is 0.407 e. The maximum atomic E-state index is 12.3. The SMILES string of the molecule is Cn1nc(CNC(=O)OCC2c3ccccc3-c3ccccc32)cc1C(=O)NC/C=C/C(=O)O. The average molecular weight is 460 g/mol. The molecule has 0 unspecified atom stereocenters. The van der Waals surface area contributed by atoms with Gasteiger partial charge in [-0.3, -0.25) is 9.48 Å². The van der Waals surface area contributed by atoms with Crippen molar-refractivity contribution in [2.45, 2.75) is 12.5 Å². The number of hydrogen-bond acceptors (Lipinski definition) is 5. The predicted octanol–water partition coefficient (Wildman–Crippen LogP) is 2.83. The largest absolute Gasteiger partial charge is 0.478 e. The van der Waals surface area contributed by atoms with Crippen molar-refractivity contribution in [3.8, 4) is 11.1 Å². The van der Waals surface area contributed by atoms with E-state index in [0.717, 1.165) is 28.3 Å². The van der Waals surface area contributed by atoms with Gasteiger partial charge in [0.15, 0.2) is 0 Å². The van der Waals surface area contributed by atoms with E-state index in [1.807, 2.05) is 24.3 Å². The number of nitrogens with one attached hydrogen (secondary N) is 2. The minimum atomic E-state index is -1.09. The average Bonchev–Trinajstić information content (AvgIpc) is 3.36. The Bertz CT molecular complexity index is 1220. The molecule has 0 aliphatic heterocycles. The third-order valence-corrected chi connectivity index (χ3v) is 5.56. The van der Waals surface area contributed by atoms with Crippen LogP contribution in [0.4, 0.5) is 4.79 Å². The molecular formula is C25H24N4O5. The first-order valence-electron chi connectivity index (χ1n) is 10.7. The molecule has 1 aromatic heterocycles. The molecule has 0 fully saturated rings. The van der Waals surface area contributed by atoms with Gasteiger partial charge in [0, 0.05) is 25.6 Å². The predicted molar refractivity (Wildman–Crippen MR) is 124 cm³/mol. The Morgan fingerprint density at radius 2 is 1.71 bits per heavy atom. The molecule has 174 valence electrons. The minimum Gasteiger partial charge on any atom is -0.478 e. The van der Waals surface area contributed by atoms with Gasteiger partial charge in [-0.25, -0.2) is 9.59 Å². The first-order valence-corrected chi connectivity index (χ1v) is 10.7. The first kappa shape index (κ1) is 22.8. The Labute approximate surface area is 196 Å². The van der Waals surface area contributed by atoms with Crippen LogP contribution in [0.5, 0.6) is 0 Å². The number of hydrogen-bond donors (Lipinski definition) is 3. The number of alkyl carbamates (subject to hydrolysis) is 1. The highest BCUT2D eigenvalue weighted by atomic mass is 16.5. The Hall–Kier alpha value is -4.40. The highest BCUT2D eigenvalue weighted by molar-refractivity contribution is 5.92. The number of benzene rings is 2. The lowest BCUT2D eigenvalue weighted by molar-refractivity contribution is -0.131. The second-order valence-corrected chi connectivity index (χ2v) is 7.77. The fourth-order valence-corrected chi connectivity index (χ4v) is 4.04. The number of aliphatic carboxylic acids is 1. The number of amides is 2. The zero-order valence-electron chi connectivity index (χ0n) is 18.5.